The third-order valence-electron chi connectivity index (χ3n) is 0.0514. The highest BCUT2D eigenvalue weighted by molar-refractivity contribution is 6.07. The van der Waals surface area contributed by atoms with Crippen molar-refractivity contribution in [3.63, 3.8) is 0 Å². The zero-order chi connectivity index (χ0) is 4.12. The van der Waals surface area contributed by atoms with Gasteiger partial charge in [0.1, 0.15) is 23.7 Å². The van der Waals surface area contributed by atoms with Gasteiger partial charge in [-0.1, -0.05) is 8.88 Å². The van der Waals surface area contributed by atoms with Gasteiger partial charge in [-0.2, -0.15) is 0 Å². The first-order valence-electron chi connectivity index (χ1n) is 0.642. The maximum atomic E-state index is 4.37. The molecule has 0 rings (SSSR count). The van der Waals surface area contributed by atoms with Gasteiger partial charge in [-0.3, -0.25) is 0 Å². The Balaban J connectivity index is 2.19. The summed E-state index contributed by atoms with van der Waals surface area (Å²) in [6.45, 7) is 0. The normalized spacial score (nSPS) is 8.40. The summed E-state index contributed by atoms with van der Waals surface area (Å²) in [6, 6.07) is 0. The molecule has 0 spiro atoms. The predicted octanol–water partition coefficient (Wildman–Crippen LogP) is 1.17. The van der Waals surface area contributed by atoms with E-state index in [9.17, 15) is 0 Å². The van der Waals surface area contributed by atoms with Crippen LogP contribution in [-0.2, 0) is 13.9 Å². The highest BCUT2D eigenvalue weighted by atomic mass is 35.5. The summed E-state index contributed by atoms with van der Waals surface area (Å²) >= 11 is 8.74. The molecular weight excluding hydrogens is 119 g/mol. The molecule has 0 aromatic heterocycles. The Morgan fingerprint density at radius 1 is 1.00 bits per heavy atom. The predicted molar refractivity (Wildman–Crippen MR) is 15.0 cm³/mol. The van der Waals surface area contributed by atoms with Crippen molar-refractivity contribution in [1.29, 1.82) is 0 Å². The highest BCUT2D eigenvalue weighted by Crippen LogP contribution is 1.85. The summed E-state index contributed by atoms with van der Waals surface area (Å²) in [5.41, 5.74) is 0. The molecule has 0 aromatic carbocycles. The minimum absolute atomic E-state index is 3.31. The maximum absolute atomic E-state index is 4.37. The Kier molecular flexibility index (Phi) is 4.87. The lowest BCUT2D eigenvalue weighted by Gasteiger charge is -1.77. The van der Waals surface area contributed by atoms with Crippen LogP contribution in [0.1, 0.15) is 0 Å². The van der Waals surface area contributed by atoms with Gasteiger partial charge >= 0.3 is 0 Å². The maximum Gasteiger partial charge on any atom is 0.103 e. The van der Waals surface area contributed by atoms with Crippen molar-refractivity contribution < 1.29 is 13.9 Å². The Labute approximate surface area is 38.5 Å². The smallest absolute Gasteiger partial charge is 0.0879 e. The third kappa shape index (κ3) is 4.46. The molecule has 0 fully saturated rings. The fraction of sp³-hybridized carbons (Fsp3) is 0. The topological polar surface area (TPSA) is 27.7 Å². The van der Waals surface area contributed by atoms with E-state index < -0.39 is 0 Å². The third-order valence-corrected chi connectivity index (χ3v) is 0.154. The standard InChI is InChI=1S/Cl2O3/c1-3-5-4-2. The van der Waals surface area contributed by atoms with Crippen LogP contribution < -0.4 is 0 Å². The molecule has 0 radical (unpaired) electrons. The van der Waals surface area contributed by atoms with Crippen molar-refractivity contribution in [2.75, 3.05) is 0 Å². The van der Waals surface area contributed by atoms with Gasteiger partial charge in [0.2, 0.25) is 0 Å². The number of hydrogen-bond acceptors (Lipinski definition) is 3. The van der Waals surface area contributed by atoms with Gasteiger partial charge in [-0.05, 0) is 5.04 Å². The van der Waals surface area contributed by atoms with Crippen LogP contribution in [0, 0.1) is 0 Å². The van der Waals surface area contributed by atoms with Crippen molar-refractivity contribution in [3.8, 4) is 0 Å². The van der Waals surface area contributed by atoms with Crippen LogP contribution in [-0.4, -0.2) is 0 Å². The Hall–Kier alpha value is 0.460. The summed E-state index contributed by atoms with van der Waals surface area (Å²) in [7, 11) is 0. The van der Waals surface area contributed by atoms with Crippen LogP contribution in [0.3, 0.4) is 0 Å². The Bertz CT molecular complexity index is 12.4. The van der Waals surface area contributed by atoms with E-state index in [4.69, 9.17) is 0 Å². The van der Waals surface area contributed by atoms with Crippen molar-refractivity contribution in [1.82, 2.24) is 0 Å². The van der Waals surface area contributed by atoms with Crippen LogP contribution in [0.5, 0.6) is 0 Å². The molecule has 0 aromatic rings. The summed E-state index contributed by atoms with van der Waals surface area (Å²) in [4.78, 5) is 0. The summed E-state index contributed by atoms with van der Waals surface area (Å²) in [6.07, 6.45) is 0. The van der Waals surface area contributed by atoms with Crippen molar-refractivity contribution in [2.45, 2.75) is 0 Å². The lowest BCUT2D eigenvalue weighted by molar-refractivity contribution is -0.411. The molecule has 0 saturated heterocycles. The fourth-order valence-electron chi connectivity index (χ4n) is 0.00972. The summed E-state index contributed by atoms with van der Waals surface area (Å²) in [5.74, 6) is 0. The Morgan fingerprint density at radius 3 is 1.40 bits per heavy atom. The number of hydrogen-bond donors (Lipinski definition) is 0. The monoisotopic (exact) mass is 118 g/mol. The molecule has 0 saturated carbocycles. The van der Waals surface area contributed by atoms with E-state index in [1.807, 2.05) is 0 Å². The zero-order valence-electron chi connectivity index (χ0n) is 1.98. The largest absolute Gasteiger partial charge is 0.103 e. The molecule has 0 unspecified atom stereocenters. The van der Waals surface area contributed by atoms with E-state index in [-0.39, 0.29) is 0 Å². The van der Waals surface area contributed by atoms with Gasteiger partial charge in [0.15, 0.2) is 0 Å². The quantitative estimate of drug-likeness (QED) is 0.403. The van der Waals surface area contributed by atoms with Gasteiger partial charge in [-0.25, -0.2) is 0 Å². The molecule has 0 aliphatic heterocycles. The van der Waals surface area contributed by atoms with E-state index in [0.717, 1.165) is 0 Å². The van der Waals surface area contributed by atoms with Gasteiger partial charge in [0, 0.05) is 0 Å². The SMILES string of the molecule is ClOOOCl. The van der Waals surface area contributed by atoms with Gasteiger partial charge in [0.25, 0.3) is 0 Å². The second kappa shape index (κ2) is 4.46. The van der Waals surface area contributed by atoms with Gasteiger partial charge < -0.3 is 0 Å². The minimum atomic E-state index is 3.31. The molecule has 0 bridgehead atoms. The summed E-state index contributed by atoms with van der Waals surface area (Å²) in [5, 5.41) is 3.36. The molecule has 0 atom stereocenters. The highest BCUT2D eigenvalue weighted by Gasteiger charge is 1.70. The molecule has 5 heavy (non-hydrogen) atoms. The number of rotatable bonds is 2. The van der Waals surface area contributed by atoms with Crippen LogP contribution in [0.25, 0.3) is 0 Å². The van der Waals surface area contributed by atoms with E-state index in [0.29, 0.717) is 0 Å². The average Bonchev–Trinajstić information content (AvgIpc) is 1.41. The van der Waals surface area contributed by atoms with Crippen molar-refractivity contribution >= 4 is 23.7 Å². The second-order valence-corrected chi connectivity index (χ2v) is 0.446. The van der Waals surface area contributed by atoms with Gasteiger partial charge in [-0.15, -0.1) is 0 Å². The zero-order valence-corrected chi connectivity index (χ0v) is 3.49. The molecular formula is Cl2O3. The van der Waals surface area contributed by atoms with Gasteiger partial charge in [0.05, 0.1) is 0 Å². The summed E-state index contributed by atoms with van der Waals surface area (Å²) < 4.78 is 6.62. The first-order valence-corrected chi connectivity index (χ1v) is 1.26. The first kappa shape index (κ1) is 5.46. The molecule has 0 heterocycles. The van der Waals surface area contributed by atoms with E-state index in [1.165, 1.54) is 0 Å². The van der Waals surface area contributed by atoms with E-state index >= 15 is 0 Å². The lowest BCUT2D eigenvalue weighted by Crippen LogP contribution is -1.71. The molecule has 0 aliphatic rings. The van der Waals surface area contributed by atoms with Crippen LogP contribution in [0.4, 0.5) is 0 Å². The second-order valence-electron chi connectivity index (χ2n) is 0.194. The molecule has 0 amide bonds. The molecule has 32 valence electrons. The van der Waals surface area contributed by atoms with Crippen molar-refractivity contribution in [3.05, 3.63) is 0 Å². The minimum Gasteiger partial charge on any atom is -0.0879 e. The number of halogens is 2. The van der Waals surface area contributed by atoms with Crippen LogP contribution in [0.2, 0.25) is 0 Å². The lowest BCUT2D eigenvalue weighted by atomic mass is 14.6. The average molecular weight is 119 g/mol. The first-order chi connectivity index (χ1) is 2.41. The van der Waals surface area contributed by atoms with Crippen LogP contribution >= 0.6 is 23.7 Å². The van der Waals surface area contributed by atoms with Crippen molar-refractivity contribution in [2.24, 2.45) is 0 Å². The fourth-order valence-corrected chi connectivity index (χ4v) is 0.0875. The molecule has 3 nitrogen and oxygen atoms in total. The van der Waals surface area contributed by atoms with Crippen LogP contribution in [0.15, 0.2) is 0 Å². The molecule has 5 heteroatoms. The molecule has 0 aliphatic carbocycles. The van der Waals surface area contributed by atoms with E-state index in [1.54, 1.807) is 0 Å². The Morgan fingerprint density at radius 2 is 1.40 bits per heavy atom. The van der Waals surface area contributed by atoms with E-state index in [2.05, 4.69) is 37.7 Å². The molecule has 0 N–H and O–H groups in total.